The first-order valence-corrected chi connectivity index (χ1v) is 8.43. The van der Waals surface area contributed by atoms with Gasteiger partial charge in [-0.2, -0.15) is 5.10 Å². The molecule has 1 aromatic heterocycles. The molecule has 3 aromatic rings. The number of rotatable bonds is 4. The van der Waals surface area contributed by atoms with Crippen LogP contribution >= 0.6 is 11.6 Å². The van der Waals surface area contributed by atoms with E-state index in [1.807, 2.05) is 47.1 Å². The predicted octanol–water partition coefficient (Wildman–Crippen LogP) is 4.18. The number of ether oxygens (including phenoxy) is 2. The van der Waals surface area contributed by atoms with Crippen molar-refractivity contribution >= 4 is 17.4 Å². The molecule has 0 fully saturated rings. The maximum atomic E-state index is 6.38. The zero-order valence-corrected chi connectivity index (χ0v) is 14.8. The highest BCUT2D eigenvalue weighted by atomic mass is 35.5. The van der Waals surface area contributed by atoms with Crippen molar-refractivity contribution in [3.05, 3.63) is 53.1 Å². The van der Waals surface area contributed by atoms with E-state index in [0.717, 1.165) is 47.2 Å². The number of nitrogens with zero attached hydrogens (tertiary/aromatic N) is 2. The fourth-order valence-corrected chi connectivity index (χ4v) is 3.36. The van der Waals surface area contributed by atoms with Crippen LogP contribution in [0.15, 0.2) is 42.5 Å². The summed E-state index contributed by atoms with van der Waals surface area (Å²) in [5.41, 5.74) is 3.91. The lowest BCUT2D eigenvalue weighted by molar-refractivity contribution is 0.394. The maximum Gasteiger partial charge on any atom is 0.133 e. The lowest BCUT2D eigenvalue weighted by atomic mass is 10.1. The van der Waals surface area contributed by atoms with E-state index in [0.29, 0.717) is 5.02 Å². The Morgan fingerprint density at radius 1 is 1.08 bits per heavy atom. The topological polar surface area (TPSA) is 48.3 Å². The average molecular weight is 356 g/mol. The molecule has 0 amide bonds. The standard InChI is InChI=1S/C19H18ClN3O2/c1-24-13-9-12(10-14(11-13)25-2)18-15-7-8-21-19(15)23(22-18)17-6-4-3-5-16(17)20/h3-6,9-11,21H,7-8H2,1-2H3. The van der Waals surface area contributed by atoms with E-state index in [-0.39, 0.29) is 0 Å². The molecule has 0 atom stereocenters. The molecule has 0 bridgehead atoms. The van der Waals surface area contributed by atoms with E-state index in [1.165, 1.54) is 5.56 Å². The average Bonchev–Trinajstić information content (AvgIpc) is 3.24. The quantitative estimate of drug-likeness (QED) is 0.762. The number of methoxy groups -OCH3 is 2. The Balaban J connectivity index is 1.90. The summed E-state index contributed by atoms with van der Waals surface area (Å²) in [5, 5.41) is 8.93. The monoisotopic (exact) mass is 355 g/mol. The van der Waals surface area contributed by atoms with E-state index in [2.05, 4.69) is 5.32 Å². The van der Waals surface area contributed by atoms with Crippen LogP contribution in [0.4, 0.5) is 5.82 Å². The van der Waals surface area contributed by atoms with Crippen LogP contribution in [0.3, 0.4) is 0 Å². The maximum absolute atomic E-state index is 6.38. The number of hydrogen-bond acceptors (Lipinski definition) is 4. The summed E-state index contributed by atoms with van der Waals surface area (Å²) in [6.07, 6.45) is 0.911. The van der Waals surface area contributed by atoms with E-state index in [4.69, 9.17) is 26.2 Å². The van der Waals surface area contributed by atoms with Crippen LogP contribution < -0.4 is 14.8 Å². The number of anilines is 1. The molecule has 0 aliphatic carbocycles. The molecular formula is C19H18ClN3O2. The van der Waals surface area contributed by atoms with Gasteiger partial charge in [-0.1, -0.05) is 23.7 Å². The molecule has 1 aliphatic heterocycles. The molecule has 6 heteroatoms. The molecule has 0 unspecified atom stereocenters. The van der Waals surface area contributed by atoms with Gasteiger partial charge in [0, 0.05) is 23.7 Å². The Labute approximate surface area is 151 Å². The SMILES string of the molecule is COc1cc(OC)cc(-c2nn(-c3ccccc3Cl)c3c2CCN3)c1. The molecule has 2 aromatic carbocycles. The lowest BCUT2D eigenvalue weighted by Gasteiger charge is -2.09. The number of aromatic nitrogens is 2. The van der Waals surface area contributed by atoms with Crippen LogP contribution in [0.25, 0.3) is 16.9 Å². The van der Waals surface area contributed by atoms with Gasteiger partial charge in [-0.15, -0.1) is 0 Å². The molecule has 1 N–H and O–H groups in total. The molecule has 4 rings (SSSR count). The highest BCUT2D eigenvalue weighted by molar-refractivity contribution is 6.32. The van der Waals surface area contributed by atoms with Gasteiger partial charge >= 0.3 is 0 Å². The van der Waals surface area contributed by atoms with Crippen molar-refractivity contribution in [2.24, 2.45) is 0 Å². The Morgan fingerprint density at radius 2 is 1.80 bits per heavy atom. The minimum absolute atomic E-state index is 0.663. The summed E-state index contributed by atoms with van der Waals surface area (Å²) in [5.74, 6) is 2.47. The van der Waals surface area contributed by atoms with Crippen molar-refractivity contribution in [2.45, 2.75) is 6.42 Å². The van der Waals surface area contributed by atoms with Gasteiger partial charge in [-0.25, -0.2) is 4.68 Å². The third kappa shape index (κ3) is 2.70. The number of nitrogens with one attached hydrogen (secondary N) is 1. The van der Waals surface area contributed by atoms with Gasteiger partial charge in [0.05, 0.1) is 30.6 Å². The van der Waals surface area contributed by atoms with Gasteiger partial charge in [-0.05, 0) is 30.7 Å². The minimum atomic E-state index is 0.663. The van der Waals surface area contributed by atoms with E-state index < -0.39 is 0 Å². The molecule has 0 spiro atoms. The second-order valence-electron chi connectivity index (χ2n) is 5.82. The number of fused-ring (bicyclic) bond motifs is 1. The number of benzene rings is 2. The normalized spacial score (nSPS) is 12.6. The van der Waals surface area contributed by atoms with Crippen LogP contribution in [0, 0.1) is 0 Å². The molecule has 0 saturated heterocycles. The zero-order valence-electron chi connectivity index (χ0n) is 14.0. The first kappa shape index (κ1) is 15.8. The lowest BCUT2D eigenvalue weighted by Crippen LogP contribution is -2.04. The van der Waals surface area contributed by atoms with Crippen LogP contribution in [0.1, 0.15) is 5.56 Å². The van der Waals surface area contributed by atoms with Crippen molar-refractivity contribution in [1.82, 2.24) is 9.78 Å². The molecular weight excluding hydrogens is 338 g/mol. The summed E-state index contributed by atoms with van der Waals surface area (Å²) in [4.78, 5) is 0. The molecule has 5 nitrogen and oxygen atoms in total. The van der Waals surface area contributed by atoms with Gasteiger partial charge in [0.1, 0.15) is 17.3 Å². The van der Waals surface area contributed by atoms with Gasteiger partial charge in [-0.3, -0.25) is 0 Å². The summed E-state index contributed by atoms with van der Waals surface area (Å²) in [6.45, 7) is 0.881. The Hall–Kier alpha value is -2.66. The van der Waals surface area contributed by atoms with Crippen molar-refractivity contribution in [3.63, 3.8) is 0 Å². The third-order valence-electron chi connectivity index (χ3n) is 4.36. The second kappa shape index (κ2) is 6.33. The van der Waals surface area contributed by atoms with Crippen molar-refractivity contribution in [3.8, 4) is 28.4 Å². The van der Waals surface area contributed by atoms with E-state index >= 15 is 0 Å². The smallest absolute Gasteiger partial charge is 0.133 e. The third-order valence-corrected chi connectivity index (χ3v) is 4.68. The van der Waals surface area contributed by atoms with Crippen molar-refractivity contribution in [2.75, 3.05) is 26.1 Å². The highest BCUT2D eigenvalue weighted by Gasteiger charge is 2.25. The van der Waals surface area contributed by atoms with Crippen LogP contribution in [0.5, 0.6) is 11.5 Å². The first-order chi connectivity index (χ1) is 12.2. The Kier molecular flexibility index (Phi) is 4.01. The van der Waals surface area contributed by atoms with Crippen molar-refractivity contribution < 1.29 is 9.47 Å². The summed E-state index contributed by atoms with van der Waals surface area (Å²) >= 11 is 6.38. The van der Waals surface area contributed by atoms with Gasteiger partial charge in [0.25, 0.3) is 0 Å². The summed E-state index contributed by atoms with van der Waals surface area (Å²) < 4.78 is 12.7. The number of para-hydroxylation sites is 1. The molecule has 25 heavy (non-hydrogen) atoms. The molecule has 0 radical (unpaired) electrons. The Bertz CT molecular complexity index is 914. The van der Waals surface area contributed by atoms with Crippen molar-refractivity contribution in [1.29, 1.82) is 0 Å². The van der Waals surface area contributed by atoms with Crippen LogP contribution in [-0.4, -0.2) is 30.5 Å². The number of halogens is 1. The number of hydrogen-bond donors (Lipinski definition) is 1. The first-order valence-electron chi connectivity index (χ1n) is 8.05. The zero-order chi connectivity index (χ0) is 17.4. The van der Waals surface area contributed by atoms with Gasteiger partial charge < -0.3 is 14.8 Å². The molecule has 1 aliphatic rings. The minimum Gasteiger partial charge on any atom is -0.497 e. The Morgan fingerprint density at radius 3 is 2.48 bits per heavy atom. The predicted molar refractivity (Wildman–Crippen MR) is 99.3 cm³/mol. The summed E-state index contributed by atoms with van der Waals surface area (Å²) in [7, 11) is 3.29. The molecule has 128 valence electrons. The van der Waals surface area contributed by atoms with E-state index in [9.17, 15) is 0 Å². The summed E-state index contributed by atoms with van der Waals surface area (Å²) in [6, 6.07) is 13.5. The largest absolute Gasteiger partial charge is 0.497 e. The van der Waals surface area contributed by atoms with Crippen LogP contribution in [0.2, 0.25) is 5.02 Å². The fraction of sp³-hybridized carbons (Fsp3) is 0.211. The molecule has 2 heterocycles. The van der Waals surface area contributed by atoms with Gasteiger partial charge in [0.2, 0.25) is 0 Å². The molecule has 0 saturated carbocycles. The van der Waals surface area contributed by atoms with Gasteiger partial charge in [0.15, 0.2) is 0 Å². The van der Waals surface area contributed by atoms with Crippen LogP contribution in [-0.2, 0) is 6.42 Å². The fourth-order valence-electron chi connectivity index (χ4n) is 3.15. The van der Waals surface area contributed by atoms with E-state index in [1.54, 1.807) is 14.2 Å². The highest BCUT2D eigenvalue weighted by Crippen LogP contribution is 2.38. The second-order valence-corrected chi connectivity index (χ2v) is 6.22.